The molecular formula is C7H8N2OS. The molecule has 1 aromatic rings. The summed E-state index contributed by atoms with van der Waals surface area (Å²) in [5.41, 5.74) is 6.37. The van der Waals surface area contributed by atoms with Crippen LogP contribution >= 0.6 is 11.3 Å². The molecule has 58 valence electrons. The number of carbonyl (C=O) groups excluding carboxylic acids is 1. The summed E-state index contributed by atoms with van der Waals surface area (Å²) in [7, 11) is 0. The van der Waals surface area contributed by atoms with E-state index in [4.69, 9.17) is 5.73 Å². The first-order chi connectivity index (χ1) is 5.11. The van der Waals surface area contributed by atoms with Gasteiger partial charge in [0.1, 0.15) is 0 Å². The number of carbonyl (C=O) groups is 1. The topological polar surface area (TPSA) is 56.0 Å². The second-order valence-corrected chi connectivity index (χ2v) is 3.00. The Bertz CT molecular complexity index is 303. The number of aromatic nitrogens is 1. The van der Waals surface area contributed by atoms with Gasteiger partial charge >= 0.3 is 0 Å². The minimum Gasteiger partial charge on any atom is -0.375 e. The van der Waals surface area contributed by atoms with Crippen LogP contribution in [0.1, 0.15) is 12.6 Å². The number of nitrogen functional groups attached to an aromatic ring is 1. The molecule has 2 N–H and O–H groups in total. The number of thiazole rings is 1. The summed E-state index contributed by atoms with van der Waals surface area (Å²) in [5.74, 6) is -0.0738. The van der Waals surface area contributed by atoms with Gasteiger partial charge in [-0.25, -0.2) is 4.98 Å². The van der Waals surface area contributed by atoms with E-state index in [1.807, 2.05) is 0 Å². The standard InChI is InChI=1S/C7H8N2OS/c1-4(5(2)10)6-3-11-7(8)9-6/h3H,1H2,2H3,(H2,8,9). The number of nitrogens with zero attached hydrogens (tertiary/aromatic N) is 1. The largest absolute Gasteiger partial charge is 0.375 e. The average Bonchev–Trinajstić information content (AvgIpc) is 2.34. The molecule has 0 unspecified atom stereocenters. The van der Waals surface area contributed by atoms with Crippen molar-refractivity contribution in [1.82, 2.24) is 4.98 Å². The van der Waals surface area contributed by atoms with Gasteiger partial charge in [-0.2, -0.15) is 0 Å². The predicted octanol–water partition coefficient (Wildman–Crippen LogP) is 1.33. The molecule has 1 rings (SSSR count). The second kappa shape index (κ2) is 2.84. The van der Waals surface area contributed by atoms with Crippen LogP contribution in [0.4, 0.5) is 5.13 Å². The van der Waals surface area contributed by atoms with E-state index in [1.54, 1.807) is 5.38 Å². The fraction of sp³-hybridized carbons (Fsp3) is 0.143. The normalized spacial score (nSPS) is 9.55. The molecule has 0 aliphatic rings. The first kappa shape index (κ1) is 7.94. The maximum atomic E-state index is 10.8. The van der Waals surface area contributed by atoms with Crippen molar-refractivity contribution in [2.45, 2.75) is 6.92 Å². The molecule has 0 spiro atoms. The molecule has 1 aromatic heterocycles. The van der Waals surface area contributed by atoms with E-state index in [1.165, 1.54) is 18.3 Å². The van der Waals surface area contributed by atoms with Gasteiger partial charge in [0.25, 0.3) is 0 Å². The summed E-state index contributed by atoms with van der Waals surface area (Å²) in [4.78, 5) is 14.7. The highest BCUT2D eigenvalue weighted by molar-refractivity contribution is 7.13. The molecule has 0 aliphatic carbocycles. The highest BCUT2D eigenvalue weighted by Gasteiger charge is 2.06. The van der Waals surface area contributed by atoms with Gasteiger partial charge in [0.15, 0.2) is 10.9 Å². The first-order valence-corrected chi connectivity index (χ1v) is 3.90. The summed E-state index contributed by atoms with van der Waals surface area (Å²) in [5, 5.41) is 2.18. The molecule has 0 radical (unpaired) electrons. The number of hydrogen-bond donors (Lipinski definition) is 1. The van der Waals surface area contributed by atoms with Crippen LogP contribution in [0.3, 0.4) is 0 Å². The third kappa shape index (κ3) is 1.65. The van der Waals surface area contributed by atoms with Crippen LogP contribution in [0, 0.1) is 0 Å². The maximum Gasteiger partial charge on any atom is 0.180 e. The van der Waals surface area contributed by atoms with Crippen molar-refractivity contribution in [3.63, 3.8) is 0 Å². The summed E-state index contributed by atoms with van der Waals surface area (Å²) in [6.07, 6.45) is 0. The van der Waals surface area contributed by atoms with Crippen LogP contribution in [-0.4, -0.2) is 10.8 Å². The molecule has 11 heavy (non-hydrogen) atoms. The number of hydrogen-bond acceptors (Lipinski definition) is 4. The fourth-order valence-electron chi connectivity index (χ4n) is 0.607. The van der Waals surface area contributed by atoms with Gasteiger partial charge in [0, 0.05) is 11.0 Å². The monoisotopic (exact) mass is 168 g/mol. The van der Waals surface area contributed by atoms with Gasteiger partial charge in [-0.05, 0) is 6.92 Å². The van der Waals surface area contributed by atoms with Crippen molar-refractivity contribution in [2.24, 2.45) is 0 Å². The molecule has 0 aromatic carbocycles. The summed E-state index contributed by atoms with van der Waals surface area (Å²) < 4.78 is 0. The molecule has 4 heteroatoms. The van der Waals surface area contributed by atoms with E-state index in [-0.39, 0.29) is 5.78 Å². The number of rotatable bonds is 2. The highest BCUT2D eigenvalue weighted by Crippen LogP contribution is 2.17. The van der Waals surface area contributed by atoms with Crippen LogP contribution in [0.2, 0.25) is 0 Å². The van der Waals surface area contributed by atoms with Crippen LogP contribution < -0.4 is 5.73 Å². The predicted molar refractivity (Wildman–Crippen MR) is 46.2 cm³/mol. The molecule has 0 amide bonds. The summed E-state index contributed by atoms with van der Waals surface area (Å²) in [6, 6.07) is 0. The Morgan fingerprint density at radius 1 is 1.82 bits per heavy atom. The van der Waals surface area contributed by atoms with Gasteiger partial charge < -0.3 is 5.73 Å². The van der Waals surface area contributed by atoms with E-state index in [0.717, 1.165) is 0 Å². The zero-order valence-corrected chi connectivity index (χ0v) is 6.94. The van der Waals surface area contributed by atoms with E-state index < -0.39 is 0 Å². The van der Waals surface area contributed by atoms with Crippen molar-refractivity contribution in [1.29, 1.82) is 0 Å². The molecule has 0 atom stereocenters. The first-order valence-electron chi connectivity index (χ1n) is 3.02. The third-order valence-corrected chi connectivity index (χ3v) is 1.93. The lowest BCUT2D eigenvalue weighted by Crippen LogP contribution is -1.94. The number of allylic oxidation sites excluding steroid dienone is 1. The minimum absolute atomic E-state index is 0.0738. The van der Waals surface area contributed by atoms with Crippen molar-refractivity contribution in [3.8, 4) is 0 Å². The number of Topliss-reactive ketones (excluding diaryl/α,β-unsaturated/α-hetero) is 1. The zero-order chi connectivity index (χ0) is 8.43. The molecule has 0 saturated carbocycles. The van der Waals surface area contributed by atoms with Crippen molar-refractivity contribution in [3.05, 3.63) is 17.7 Å². The minimum atomic E-state index is -0.0738. The van der Waals surface area contributed by atoms with Crippen LogP contribution in [0.5, 0.6) is 0 Å². The number of anilines is 1. The molecule has 0 bridgehead atoms. The lowest BCUT2D eigenvalue weighted by Gasteiger charge is -1.92. The Labute approximate surface area is 68.6 Å². The van der Waals surface area contributed by atoms with E-state index in [9.17, 15) is 4.79 Å². The molecule has 3 nitrogen and oxygen atoms in total. The molecule has 0 fully saturated rings. The van der Waals surface area contributed by atoms with Gasteiger partial charge in [-0.3, -0.25) is 4.79 Å². The van der Waals surface area contributed by atoms with Gasteiger partial charge in [-0.1, -0.05) is 6.58 Å². The highest BCUT2D eigenvalue weighted by atomic mass is 32.1. The molecule has 1 heterocycles. The van der Waals surface area contributed by atoms with Crippen molar-refractivity contribution in [2.75, 3.05) is 5.73 Å². The third-order valence-electron chi connectivity index (χ3n) is 1.26. The Morgan fingerprint density at radius 2 is 2.45 bits per heavy atom. The summed E-state index contributed by atoms with van der Waals surface area (Å²) >= 11 is 1.30. The van der Waals surface area contributed by atoms with Gasteiger partial charge in [0.2, 0.25) is 0 Å². The Kier molecular flexibility index (Phi) is 2.05. The SMILES string of the molecule is C=C(C(C)=O)c1csc(N)n1. The van der Waals surface area contributed by atoms with Gasteiger partial charge in [-0.15, -0.1) is 11.3 Å². The van der Waals surface area contributed by atoms with E-state index in [2.05, 4.69) is 11.6 Å². The maximum absolute atomic E-state index is 10.8. The summed E-state index contributed by atoms with van der Waals surface area (Å²) in [6.45, 7) is 5.03. The van der Waals surface area contributed by atoms with E-state index in [0.29, 0.717) is 16.4 Å². The van der Waals surface area contributed by atoms with Crippen molar-refractivity contribution < 1.29 is 4.79 Å². The Hall–Kier alpha value is -1.16. The lowest BCUT2D eigenvalue weighted by atomic mass is 10.2. The van der Waals surface area contributed by atoms with E-state index >= 15 is 0 Å². The fourth-order valence-corrected chi connectivity index (χ4v) is 1.18. The Balaban J connectivity index is 2.94. The smallest absolute Gasteiger partial charge is 0.180 e. The lowest BCUT2D eigenvalue weighted by molar-refractivity contribution is -0.111. The Morgan fingerprint density at radius 3 is 2.82 bits per heavy atom. The zero-order valence-electron chi connectivity index (χ0n) is 6.13. The molecule has 0 aliphatic heterocycles. The average molecular weight is 168 g/mol. The molecular weight excluding hydrogens is 160 g/mol. The molecule has 0 saturated heterocycles. The van der Waals surface area contributed by atoms with Crippen LogP contribution in [0.25, 0.3) is 5.57 Å². The van der Waals surface area contributed by atoms with Gasteiger partial charge in [0.05, 0.1) is 5.69 Å². The quantitative estimate of drug-likeness (QED) is 0.678. The van der Waals surface area contributed by atoms with Crippen LogP contribution in [-0.2, 0) is 4.79 Å². The van der Waals surface area contributed by atoms with Crippen molar-refractivity contribution >= 4 is 27.8 Å². The van der Waals surface area contributed by atoms with Crippen LogP contribution in [0.15, 0.2) is 12.0 Å². The number of ketones is 1. The number of nitrogens with two attached hydrogens (primary N) is 1. The second-order valence-electron chi connectivity index (χ2n) is 2.11.